The minimum atomic E-state index is -0.306. The zero-order valence-electron chi connectivity index (χ0n) is 12.1. The van der Waals surface area contributed by atoms with E-state index in [0.717, 1.165) is 0 Å². The molecule has 0 heterocycles. The van der Waals surface area contributed by atoms with Gasteiger partial charge >= 0.3 is 6.03 Å². The lowest BCUT2D eigenvalue weighted by atomic mass is 10.1. The molecule has 3 nitrogen and oxygen atoms in total. The lowest BCUT2D eigenvalue weighted by Crippen LogP contribution is -2.39. The van der Waals surface area contributed by atoms with E-state index in [1.165, 1.54) is 12.1 Å². The highest BCUT2D eigenvalue weighted by molar-refractivity contribution is 5.89. The molecule has 2 amide bonds. The second-order valence-corrected chi connectivity index (χ2v) is 5.63. The number of anilines is 1. The van der Waals surface area contributed by atoms with E-state index in [0.29, 0.717) is 30.6 Å². The summed E-state index contributed by atoms with van der Waals surface area (Å²) in [5, 5.41) is 2.80. The summed E-state index contributed by atoms with van der Waals surface area (Å²) in [4.78, 5) is 14.0. The van der Waals surface area contributed by atoms with Crippen molar-refractivity contribution in [1.82, 2.24) is 4.90 Å². The van der Waals surface area contributed by atoms with Gasteiger partial charge in [0, 0.05) is 18.8 Å². The third kappa shape index (κ3) is 5.73. The van der Waals surface area contributed by atoms with Crippen LogP contribution in [0.5, 0.6) is 0 Å². The fourth-order valence-electron chi connectivity index (χ4n) is 1.86. The minimum absolute atomic E-state index is 0.131. The molecule has 1 rings (SSSR count). The summed E-state index contributed by atoms with van der Waals surface area (Å²) in [6.07, 6.45) is 0. The number of rotatable bonds is 5. The fourth-order valence-corrected chi connectivity index (χ4v) is 1.86. The number of urea groups is 1. The Balaban J connectivity index is 2.67. The Morgan fingerprint density at radius 1 is 1.11 bits per heavy atom. The molecule has 0 aliphatic heterocycles. The average Bonchev–Trinajstić information content (AvgIpc) is 2.30. The van der Waals surface area contributed by atoms with Gasteiger partial charge in [-0.15, -0.1) is 0 Å². The van der Waals surface area contributed by atoms with Gasteiger partial charge in [0.25, 0.3) is 0 Å². The number of hydrogen-bond acceptors (Lipinski definition) is 1. The standard InChI is InChI=1S/C15H23FN2O/c1-11(2)9-18(10-12(3)4)15(19)17-14-7-5-13(16)6-8-14/h5-8,11-12H,9-10H2,1-4H3,(H,17,19). The van der Waals surface area contributed by atoms with Gasteiger partial charge in [0.15, 0.2) is 0 Å². The molecule has 1 aromatic carbocycles. The molecule has 4 heteroatoms. The highest BCUT2D eigenvalue weighted by Gasteiger charge is 2.16. The molecule has 0 aliphatic rings. The van der Waals surface area contributed by atoms with Gasteiger partial charge < -0.3 is 10.2 Å². The van der Waals surface area contributed by atoms with Gasteiger partial charge in [-0.1, -0.05) is 27.7 Å². The van der Waals surface area contributed by atoms with Crippen LogP contribution in [0.25, 0.3) is 0 Å². The maximum atomic E-state index is 12.8. The first-order valence-corrected chi connectivity index (χ1v) is 6.70. The summed E-state index contributed by atoms with van der Waals surface area (Å²) >= 11 is 0. The molecule has 0 radical (unpaired) electrons. The van der Waals surface area contributed by atoms with E-state index in [1.807, 2.05) is 0 Å². The van der Waals surface area contributed by atoms with Crippen molar-refractivity contribution in [3.63, 3.8) is 0 Å². The highest BCUT2D eigenvalue weighted by atomic mass is 19.1. The summed E-state index contributed by atoms with van der Waals surface area (Å²) in [5.41, 5.74) is 0.615. The Labute approximate surface area is 114 Å². The second kappa shape index (κ2) is 7.12. The molecule has 0 atom stereocenters. The predicted octanol–water partition coefficient (Wildman–Crippen LogP) is 3.97. The summed E-state index contributed by atoms with van der Waals surface area (Å²) in [5.74, 6) is 0.523. The molecule has 0 spiro atoms. The van der Waals surface area contributed by atoms with Crippen LogP contribution in [0, 0.1) is 17.7 Å². The number of benzene rings is 1. The number of amides is 2. The molecule has 0 unspecified atom stereocenters. The van der Waals surface area contributed by atoms with Crippen molar-refractivity contribution in [1.29, 1.82) is 0 Å². The Bertz CT molecular complexity index is 391. The van der Waals surface area contributed by atoms with Crippen LogP contribution in [-0.4, -0.2) is 24.0 Å². The van der Waals surface area contributed by atoms with Crippen molar-refractivity contribution in [2.24, 2.45) is 11.8 Å². The first kappa shape index (κ1) is 15.5. The van der Waals surface area contributed by atoms with Crippen molar-refractivity contribution in [3.05, 3.63) is 30.1 Å². The van der Waals surface area contributed by atoms with Crippen molar-refractivity contribution in [2.45, 2.75) is 27.7 Å². The van der Waals surface area contributed by atoms with E-state index in [-0.39, 0.29) is 11.8 Å². The normalized spacial score (nSPS) is 10.9. The van der Waals surface area contributed by atoms with Gasteiger partial charge in [-0.2, -0.15) is 0 Å². The summed E-state index contributed by atoms with van der Waals surface area (Å²) < 4.78 is 12.8. The molecule has 0 bridgehead atoms. The molecule has 19 heavy (non-hydrogen) atoms. The van der Waals surface area contributed by atoms with Crippen LogP contribution < -0.4 is 5.32 Å². The lowest BCUT2D eigenvalue weighted by molar-refractivity contribution is 0.196. The smallest absolute Gasteiger partial charge is 0.321 e. The molecule has 0 fully saturated rings. The highest BCUT2D eigenvalue weighted by Crippen LogP contribution is 2.11. The molecule has 0 saturated carbocycles. The van der Waals surface area contributed by atoms with E-state index in [1.54, 1.807) is 17.0 Å². The largest absolute Gasteiger partial charge is 0.324 e. The van der Waals surface area contributed by atoms with Gasteiger partial charge in [0.2, 0.25) is 0 Å². The third-order valence-corrected chi connectivity index (χ3v) is 2.55. The topological polar surface area (TPSA) is 32.3 Å². The van der Waals surface area contributed by atoms with Crippen LogP contribution in [0.4, 0.5) is 14.9 Å². The minimum Gasteiger partial charge on any atom is -0.324 e. The number of nitrogens with zero attached hydrogens (tertiary/aromatic N) is 1. The molecular weight excluding hydrogens is 243 g/mol. The maximum Gasteiger partial charge on any atom is 0.321 e. The average molecular weight is 266 g/mol. The monoisotopic (exact) mass is 266 g/mol. The van der Waals surface area contributed by atoms with Crippen molar-refractivity contribution >= 4 is 11.7 Å². The molecule has 106 valence electrons. The number of carbonyl (C=O) groups is 1. The summed E-state index contributed by atoms with van der Waals surface area (Å²) in [6, 6.07) is 5.68. The second-order valence-electron chi connectivity index (χ2n) is 5.63. The SMILES string of the molecule is CC(C)CN(CC(C)C)C(=O)Nc1ccc(F)cc1. The Hall–Kier alpha value is -1.58. The van der Waals surface area contributed by atoms with E-state index >= 15 is 0 Å². The van der Waals surface area contributed by atoms with E-state index in [2.05, 4.69) is 33.0 Å². The number of halogens is 1. The molecule has 1 N–H and O–H groups in total. The first-order chi connectivity index (χ1) is 8.88. The van der Waals surface area contributed by atoms with Gasteiger partial charge in [-0.25, -0.2) is 9.18 Å². The fraction of sp³-hybridized carbons (Fsp3) is 0.533. The van der Waals surface area contributed by atoms with Crippen LogP contribution in [0.15, 0.2) is 24.3 Å². The molecule has 0 saturated heterocycles. The lowest BCUT2D eigenvalue weighted by Gasteiger charge is -2.26. The first-order valence-electron chi connectivity index (χ1n) is 6.70. The molecule has 0 aromatic heterocycles. The Morgan fingerprint density at radius 3 is 2.00 bits per heavy atom. The van der Waals surface area contributed by atoms with Gasteiger partial charge in [0.05, 0.1) is 0 Å². The summed E-state index contributed by atoms with van der Waals surface area (Å²) in [6.45, 7) is 9.75. The van der Waals surface area contributed by atoms with Crippen LogP contribution >= 0.6 is 0 Å². The Kier molecular flexibility index (Phi) is 5.80. The number of nitrogens with one attached hydrogen (secondary N) is 1. The molecule has 0 aliphatic carbocycles. The quantitative estimate of drug-likeness (QED) is 0.859. The number of carbonyl (C=O) groups excluding carboxylic acids is 1. The van der Waals surface area contributed by atoms with Crippen molar-refractivity contribution < 1.29 is 9.18 Å². The van der Waals surface area contributed by atoms with Crippen molar-refractivity contribution in [2.75, 3.05) is 18.4 Å². The number of hydrogen-bond donors (Lipinski definition) is 1. The van der Waals surface area contributed by atoms with Gasteiger partial charge in [0.1, 0.15) is 5.82 Å². The predicted molar refractivity (Wildman–Crippen MR) is 76.7 cm³/mol. The van der Waals surface area contributed by atoms with Crippen LogP contribution in [-0.2, 0) is 0 Å². The van der Waals surface area contributed by atoms with Crippen LogP contribution in [0.1, 0.15) is 27.7 Å². The van der Waals surface area contributed by atoms with Gasteiger partial charge in [-0.3, -0.25) is 0 Å². The van der Waals surface area contributed by atoms with Crippen LogP contribution in [0.2, 0.25) is 0 Å². The molecule has 1 aromatic rings. The zero-order chi connectivity index (χ0) is 14.4. The molecular formula is C15H23FN2O. The summed E-state index contributed by atoms with van der Waals surface area (Å²) in [7, 11) is 0. The zero-order valence-corrected chi connectivity index (χ0v) is 12.1. The van der Waals surface area contributed by atoms with Gasteiger partial charge in [-0.05, 0) is 36.1 Å². The van der Waals surface area contributed by atoms with E-state index in [9.17, 15) is 9.18 Å². The maximum absolute atomic E-state index is 12.8. The third-order valence-electron chi connectivity index (χ3n) is 2.55. The van der Waals surface area contributed by atoms with Crippen LogP contribution in [0.3, 0.4) is 0 Å². The van der Waals surface area contributed by atoms with E-state index < -0.39 is 0 Å². The Morgan fingerprint density at radius 2 is 1.58 bits per heavy atom. The van der Waals surface area contributed by atoms with E-state index in [4.69, 9.17) is 0 Å². The van der Waals surface area contributed by atoms with Crippen molar-refractivity contribution in [3.8, 4) is 0 Å².